The van der Waals surface area contributed by atoms with Crippen LogP contribution in [-0.4, -0.2) is 21.2 Å². The predicted molar refractivity (Wildman–Crippen MR) is 104 cm³/mol. The van der Waals surface area contributed by atoms with Crippen LogP contribution in [0.2, 0.25) is 10.0 Å². The van der Waals surface area contributed by atoms with Gasteiger partial charge in [-0.15, -0.1) is 0 Å². The van der Waals surface area contributed by atoms with Gasteiger partial charge in [0.25, 0.3) is 0 Å². The summed E-state index contributed by atoms with van der Waals surface area (Å²) >= 11 is 12.6. The molecule has 11 heteroatoms. The van der Waals surface area contributed by atoms with Crippen molar-refractivity contribution in [1.29, 1.82) is 0 Å². The molecule has 0 unspecified atom stereocenters. The molecule has 0 amide bonds. The molecule has 0 aliphatic heterocycles. The van der Waals surface area contributed by atoms with Crippen molar-refractivity contribution >= 4 is 29.2 Å². The van der Waals surface area contributed by atoms with Crippen LogP contribution in [0.3, 0.4) is 0 Å². The van der Waals surface area contributed by atoms with E-state index in [9.17, 15) is 18.0 Å². The first-order chi connectivity index (χ1) is 14.7. The number of halogens is 5. The van der Waals surface area contributed by atoms with E-state index in [-0.39, 0.29) is 12.5 Å². The maximum absolute atomic E-state index is 13.2. The van der Waals surface area contributed by atoms with Crippen LogP contribution in [0.4, 0.5) is 13.2 Å². The van der Waals surface area contributed by atoms with E-state index in [2.05, 4.69) is 10.1 Å². The highest BCUT2D eigenvalue weighted by Crippen LogP contribution is 2.46. The second-order valence-electron chi connectivity index (χ2n) is 6.88. The van der Waals surface area contributed by atoms with Crippen LogP contribution in [-0.2, 0) is 12.8 Å². The topological polar surface area (TPSA) is 85.5 Å². The normalized spacial score (nSPS) is 14.0. The van der Waals surface area contributed by atoms with Crippen molar-refractivity contribution in [3.05, 3.63) is 63.0 Å². The van der Waals surface area contributed by atoms with Gasteiger partial charge in [-0.1, -0.05) is 34.4 Å². The Labute approximate surface area is 183 Å². The second-order valence-corrected chi connectivity index (χ2v) is 7.70. The maximum Gasteiger partial charge on any atom is 0.434 e. The smallest absolute Gasteiger partial charge is 0.434 e. The largest absolute Gasteiger partial charge is 0.478 e. The van der Waals surface area contributed by atoms with Crippen molar-refractivity contribution in [2.45, 2.75) is 31.5 Å². The van der Waals surface area contributed by atoms with Crippen LogP contribution in [0.25, 0.3) is 11.3 Å². The summed E-state index contributed by atoms with van der Waals surface area (Å²) < 4.78 is 50.6. The lowest BCUT2D eigenvalue weighted by molar-refractivity contribution is -0.142. The molecular formula is C20H13Cl2F3N2O4. The Balaban J connectivity index is 1.69. The van der Waals surface area contributed by atoms with Gasteiger partial charge in [-0.25, -0.2) is 9.78 Å². The summed E-state index contributed by atoms with van der Waals surface area (Å²) in [6.45, 7) is -0.219. The zero-order valence-electron chi connectivity index (χ0n) is 15.5. The summed E-state index contributed by atoms with van der Waals surface area (Å²) in [6, 6.07) is 6.78. The van der Waals surface area contributed by atoms with E-state index in [1.54, 1.807) is 18.2 Å². The molecule has 1 aromatic carbocycles. The lowest BCUT2D eigenvalue weighted by atomic mass is 10.0. The highest BCUT2D eigenvalue weighted by molar-refractivity contribution is 6.39. The standard InChI is InChI=1S/C20H13Cl2F3N2O4/c21-12-2-1-3-13(22)15(12)16-11(17(31-27-16)9-4-5-9)8-30-14-7-6-10(19(28)29)18(26-14)20(23,24)25/h1-3,6-7,9H,4-5,8H2,(H,28,29). The molecule has 162 valence electrons. The fourth-order valence-electron chi connectivity index (χ4n) is 3.10. The van der Waals surface area contributed by atoms with Crippen LogP contribution >= 0.6 is 23.2 Å². The third kappa shape index (κ3) is 4.33. The summed E-state index contributed by atoms with van der Waals surface area (Å²) in [4.78, 5) is 14.5. The predicted octanol–water partition coefficient (Wildman–Crippen LogP) is 6.22. The number of rotatable bonds is 6. The number of carboxylic acid groups (broad SMARTS) is 1. The summed E-state index contributed by atoms with van der Waals surface area (Å²) in [5.41, 5.74) is -1.26. The van der Waals surface area contributed by atoms with Gasteiger partial charge in [0.2, 0.25) is 5.88 Å². The van der Waals surface area contributed by atoms with Crippen molar-refractivity contribution in [1.82, 2.24) is 10.1 Å². The van der Waals surface area contributed by atoms with E-state index >= 15 is 0 Å². The van der Waals surface area contributed by atoms with Crippen LogP contribution in [0.15, 0.2) is 34.9 Å². The molecular weight excluding hydrogens is 460 g/mol. The molecule has 1 aliphatic rings. The third-order valence-electron chi connectivity index (χ3n) is 4.70. The molecule has 0 saturated heterocycles. The molecule has 0 bridgehead atoms. The first kappa shape index (κ1) is 21.5. The average Bonchev–Trinajstić information content (AvgIpc) is 3.46. The molecule has 6 nitrogen and oxygen atoms in total. The Morgan fingerprint density at radius 1 is 1.19 bits per heavy atom. The molecule has 2 heterocycles. The Bertz CT molecular complexity index is 1140. The van der Waals surface area contributed by atoms with Crippen molar-refractivity contribution in [3.8, 4) is 17.1 Å². The number of nitrogens with zero attached hydrogens (tertiary/aromatic N) is 2. The Kier molecular flexibility index (Phi) is 5.57. The maximum atomic E-state index is 13.2. The summed E-state index contributed by atoms with van der Waals surface area (Å²) in [6.07, 6.45) is -3.21. The number of carbonyl (C=O) groups is 1. The molecule has 31 heavy (non-hydrogen) atoms. The summed E-state index contributed by atoms with van der Waals surface area (Å²) in [7, 11) is 0. The van der Waals surface area contributed by atoms with E-state index in [1.165, 1.54) is 0 Å². The van der Waals surface area contributed by atoms with Crippen LogP contribution in [0.1, 0.15) is 46.1 Å². The van der Waals surface area contributed by atoms with Gasteiger partial charge in [0.05, 0.1) is 21.2 Å². The van der Waals surface area contributed by atoms with Gasteiger partial charge in [0, 0.05) is 17.5 Å². The van der Waals surface area contributed by atoms with Gasteiger partial charge >= 0.3 is 12.1 Å². The van der Waals surface area contributed by atoms with Gasteiger partial charge < -0.3 is 14.4 Å². The molecule has 2 aromatic heterocycles. The van der Waals surface area contributed by atoms with E-state index in [1.807, 2.05) is 0 Å². The molecule has 3 aromatic rings. The minimum Gasteiger partial charge on any atom is -0.478 e. The van der Waals surface area contributed by atoms with Crippen LogP contribution < -0.4 is 4.74 Å². The van der Waals surface area contributed by atoms with Gasteiger partial charge in [-0.2, -0.15) is 13.2 Å². The van der Waals surface area contributed by atoms with Crippen LogP contribution in [0, 0.1) is 0 Å². The fraction of sp³-hybridized carbons (Fsp3) is 0.250. The molecule has 1 N–H and O–H groups in total. The quantitative estimate of drug-likeness (QED) is 0.458. The molecule has 0 atom stereocenters. The minimum absolute atomic E-state index is 0.120. The van der Waals surface area contributed by atoms with Crippen molar-refractivity contribution in [2.75, 3.05) is 0 Å². The van der Waals surface area contributed by atoms with Gasteiger partial charge in [0.15, 0.2) is 5.69 Å². The van der Waals surface area contributed by atoms with E-state index in [0.29, 0.717) is 32.6 Å². The number of ether oxygens (including phenoxy) is 1. The number of hydrogen-bond donors (Lipinski definition) is 1. The number of carboxylic acids is 1. The second kappa shape index (κ2) is 8.05. The minimum atomic E-state index is -4.96. The number of benzene rings is 1. The van der Waals surface area contributed by atoms with E-state index < -0.39 is 29.3 Å². The number of aromatic nitrogens is 2. The van der Waals surface area contributed by atoms with Crippen molar-refractivity contribution in [2.24, 2.45) is 0 Å². The molecule has 0 radical (unpaired) electrons. The molecule has 0 spiro atoms. The lowest BCUT2D eigenvalue weighted by Gasteiger charge is -2.12. The van der Waals surface area contributed by atoms with Gasteiger partial charge in [-0.3, -0.25) is 0 Å². The van der Waals surface area contributed by atoms with Gasteiger partial charge in [-0.05, 0) is 31.0 Å². The Hall–Kier alpha value is -2.78. The van der Waals surface area contributed by atoms with Gasteiger partial charge in [0.1, 0.15) is 18.1 Å². The highest BCUT2D eigenvalue weighted by atomic mass is 35.5. The number of hydrogen-bond acceptors (Lipinski definition) is 5. The van der Waals surface area contributed by atoms with E-state index in [4.69, 9.17) is 37.6 Å². The number of alkyl halides is 3. The number of aromatic carboxylic acids is 1. The van der Waals surface area contributed by atoms with Crippen LogP contribution in [0.5, 0.6) is 5.88 Å². The first-order valence-electron chi connectivity index (χ1n) is 9.04. The fourth-order valence-corrected chi connectivity index (χ4v) is 3.68. The summed E-state index contributed by atoms with van der Waals surface area (Å²) in [5.74, 6) is -1.47. The summed E-state index contributed by atoms with van der Waals surface area (Å²) in [5, 5.41) is 13.7. The first-order valence-corrected chi connectivity index (χ1v) is 9.79. The SMILES string of the molecule is O=C(O)c1ccc(OCc2c(-c3c(Cl)cccc3Cl)noc2C2CC2)nc1C(F)(F)F. The average molecular weight is 473 g/mol. The Morgan fingerprint density at radius 2 is 1.87 bits per heavy atom. The van der Waals surface area contributed by atoms with Crippen molar-refractivity contribution < 1.29 is 32.3 Å². The monoisotopic (exact) mass is 472 g/mol. The zero-order chi connectivity index (χ0) is 22.3. The molecule has 1 fully saturated rings. The highest BCUT2D eigenvalue weighted by Gasteiger charge is 2.38. The Morgan fingerprint density at radius 3 is 2.45 bits per heavy atom. The number of pyridine rings is 1. The molecule has 1 saturated carbocycles. The van der Waals surface area contributed by atoms with Crippen molar-refractivity contribution in [3.63, 3.8) is 0 Å². The molecule has 4 rings (SSSR count). The third-order valence-corrected chi connectivity index (χ3v) is 5.33. The molecule has 1 aliphatic carbocycles. The zero-order valence-corrected chi connectivity index (χ0v) is 17.1. The lowest BCUT2D eigenvalue weighted by Crippen LogP contribution is -2.16. The van der Waals surface area contributed by atoms with E-state index in [0.717, 1.165) is 25.0 Å².